The van der Waals surface area contributed by atoms with E-state index in [0.717, 1.165) is 31.4 Å². The SMILES string of the molecule is NC1(CNS(=O)(=O)c2cc(Cl)ccc2F)CCC1. The molecule has 2 rings (SSSR count). The Kier molecular flexibility index (Phi) is 3.64. The third-order valence-corrected chi connectivity index (χ3v) is 4.80. The zero-order valence-electron chi connectivity index (χ0n) is 9.62. The summed E-state index contributed by atoms with van der Waals surface area (Å²) in [7, 11) is -3.91. The van der Waals surface area contributed by atoms with Crippen molar-refractivity contribution in [3.05, 3.63) is 29.0 Å². The van der Waals surface area contributed by atoms with E-state index in [4.69, 9.17) is 17.3 Å². The van der Waals surface area contributed by atoms with E-state index in [1.807, 2.05) is 0 Å². The second-order valence-electron chi connectivity index (χ2n) is 4.62. The summed E-state index contributed by atoms with van der Waals surface area (Å²) in [6.07, 6.45) is 2.53. The molecule has 3 N–H and O–H groups in total. The maximum Gasteiger partial charge on any atom is 0.243 e. The Labute approximate surface area is 110 Å². The molecule has 0 bridgehead atoms. The molecule has 1 saturated carbocycles. The third-order valence-electron chi connectivity index (χ3n) is 3.15. The fraction of sp³-hybridized carbons (Fsp3) is 0.455. The third kappa shape index (κ3) is 2.83. The molecule has 0 spiro atoms. The van der Waals surface area contributed by atoms with Crippen molar-refractivity contribution in [3.8, 4) is 0 Å². The van der Waals surface area contributed by atoms with Crippen LogP contribution in [0.4, 0.5) is 4.39 Å². The Morgan fingerprint density at radius 1 is 1.44 bits per heavy atom. The van der Waals surface area contributed by atoms with Crippen LogP contribution in [0, 0.1) is 5.82 Å². The predicted molar refractivity (Wildman–Crippen MR) is 67.4 cm³/mol. The maximum absolute atomic E-state index is 13.5. The average Bonchev–Trinajstić information content (AvgIpc) is 2.27. The molecule has 1 aliphatic rings. The molecule has 1 aromatic carbocycles. The number of sulfonamides is 1. The summed E-state index contributed by atoms with van der Waals surface area (Å²) in [5.74, 6) is -0.827. The van der Waals surface area contributed by atoms with E-state index >= 15 is 0 Å². The van der Waals surface area contributed by atoms with Gasteiger partial charge in [-0.2, -0.15) is 0 Å². The Hall–Kier alpha value is -0.690. The summed E-state index contributed by atoms with van der Waals surface area (Å²) < 4.78 is 39.7. The van der Waals surface area contributed by atoms with Gasteiger partial charge in [0.2, 0.25) is 10.0 Å². The van der Waals surface area contributed by atoms with Gasteiger partial charge in [0, 0.05) is 17.1 Å². The molecule has 100 valence electrons. The van der Waals surface area contributed by atoms with Gasteiger partial charge in [-0.1, -0.05) is 11.6 Å². The minimum absolute atomic E-state index is 0.112. The second-order valence-corrected chi connectivity index (χ2v) is 6.79. The molecule has 1 aliphatic carbocycles. The van der Waals surface area contributed by atoms with Crippen LogP contribution in [-0.2, 0) is 10.0 Å². The molecule has 0 aliphatic heterocycles. The lowest BCUT2D eigenvalue weighted by molar-refractivity contribution is 0.251. The van der Waals surface area contributed by atoms with Crippen LogP contribution in [0.3, 0.4) is 0 Å². The average molecular weight is 293 g/mol. The van der Waals surface area contributed by atoms with Crippen molar-refractivity contribution in [2.75, 3.05) is 6.54 Å². The van der Waals surface area contributed by atoms with Gasteiger partial charge in [0.25, 0.3) is 0 Å². The first kappa shape index (κ1) is 13.7. The standard InChI is InChI=1S/C11H14ClFN2O2S/c12-8-2-3-9(13)10(6-8)18(16,17)15-7-11(14)4-1-5-11/h2-3,6,15H,1,4-5,7,14H2. The quantitative estimate of drug-likeness (QED) is 0.886. The lowest BCUT2D eigenvalue weighted by Gasteiger charge is -2.38. The fourth-order valence-corrected chi connectivity index (χ4v) is 3.28. The number of rotatable bonds is 4. The first-order chi connectivity index (χ1) is 8.32. The van der Waals surface area contributed by atoms with Crippen LogP contribution in [0.2, 0.25) is 5.02 Å². The molecule has 0 unspecified atom stereocenters. The molecule has 1 aromatic rings. The number of halogens is 2. The molecule has 7 heteroatoms. The van der Waals surface area contributed by atoms with Gasteiger partial charge >= 0.3 is 0 Å². The molecule has 0 heterocycles. The molecule has 0 aromatic heterocycles. The largest absolute Gasteiger partial charge is 0.324 e. The highest BCUT2D eigenvalue weighted by Crippen LogP contribution is 2.29. The van der Waals surface area contributed by atoms with Gasteiger partial charge in [-0.3, -0.25) is 0 Å². The molecule has 0 amide bonds. The van der Waals surface area contributed by atoms with E-state index in [-0.39, 0.29) is 11.6 Å². The highest BCUT2D eigenvalue weighted by molar-refractivity contribution is 7.89. The van der Waals surface area contributed by atoms with Crippen molar-refractivity contribution in [2.45, 2.75) is 29.7 Å². The first-order valence-corrected chi connectivity index (χ1v) is 7.42. The normalized spacial score (nSPS) is 18.4. The highest BCUT2D eigenvalue weighted by Gasteiger charge is 2.34. The van der Waals surface area contributed by atoms with Crippen molar-refractivity contribution < 1.29 is 12.8 Å². The molecule has 0 saturated heterocycles. The van der Waals surface area contributed by atoms with Gasteiger partial charge in [0.1, 0.15) is 10.7 Å². The summed E-state index contributed by atoms with van der Waals surface area (Å²) >= 11 is 5.67. The summed E-state index contributed by atoms with van der Waals surface area (Å²) in [5, 5.41) is 0.169. The first-order valence-electron chi connectivity index (χ1n) is 5.56. The molecular formula is C11H14ClFN2O2S. The van der Waals surface area contributed by atoms with E-state index in [1.54, 1.807) is 0 Å². The van der Waals surface area contributed by atoms with E-state index in [9.17, 15) is 12.8 Å². The number of benzene rings is 1. The minimum atomic E-state index is -3.91. The molecule has 0 radical (unpaired) electrons. The molecular weight excluding hydrogens is 279 g/mol. The second kappa shape index (κ2) is 4.77. The van der Waals surface area contributed by atoms with Gasteiger partial charge in [0.05, 0.1) is 0 Å². The van der Waals surface area contributed by atoms with Gasteiger partial charge in [-0.05, 0) is 37.5 Å². The van der Waals surface area contributed by atoms with Crippen LogP contribution in [0.25, 0.3) is 0 Å². The van der Waals surface area contributed by atoms with E-state index in [0.29, 0.717) is 0 Å². The fourth-order valence-electron chi connectivity index (χ4n) is 1.81. The Morgan fingerprint density at radius 2 is 2.11 bits per heavy atom. The van der Waals surface area contributed by atoms with E-state index in [2.05, 4.69) is 4.72 Å². The smallest absolute Gasteiger partial charge is 0.243 e. The van der Waals surface area contributed by atoms with Crippen LogP contribution in [0.5, 0.6) is 0 Å². The minimum Gasteiger partial charge on any atom is -0.324 e. The zero-order valence-corrected chi connectivity index (χ0v) is 11.2. The van der Waals surface area contributed by atoms with Crippen LogP contribution >= 0.6 is 11.6 Å². The van der Waals surface area contributed by atoms with Crippen molar-refractivity contribution in [2.24, 2.45) is 5.73 Å². The van der Waals surface area contributed by atoms with Gasteiger partial charge in [-0.15, -0.1) is 0 Å². The van der Waals surface area contributed by atoms with Crippen LogP contribution in [-0.4, -0.2) is 20.5 Å². The Morgan fingerprint density at radius 3 is 2.67 bits per heavy atom. The van der Waals surface area contributed by atoms with Gasteiger partial charge < -0.3 is 5.73 Å². The van der Waals surface area contributed by atoms with E-state index in [1.165, 1.54) is 6.07 Å². The predicted octanol–water partition coefficient (Wildman–Crippen LogP) is 1.64. The highest BCUT2D eigenvalue weighted by atomic mass is 35.5. The van der Waals surface area contributed by atoms with Crippen LogP contribution in [0.1, 0.15) is 19.3 Å². The summed E-state index contributed by atoms with van der Waals surface area (Å²) in [6.45, 7) is 0.112. The lowest BCUT2D eigenvalue weighted by Crippen LogP contribution is -2.54. The molecule has 0 atom stereocenters. The van der Waals surface area contributed by atoms with Crippen LogP contribution < -0.4 is 10.5 Å². The zero-order chi connectivity index (χ0) is 13.4. The number of hydrogen-bond acceptors (Lipinski definition) is 3. The van der Waals surface area contributed by atoms with Crippen molar-refractivity contribution >= 4 is 21.6 Å². The maximum atomic E-state index is 13.5. The topological polar surface area (TPSA) is 72.2 Å². The summed E-state index contributed by atoms with van der Waals surface area (Å²) in [5.41, 5.74) is 5.41. The summed E-state index contributed by atoms with van der Waals surface area (Å²) in [6, 6.07) is 3.41. The van der Waals surface area contributed by atoms with Gasteiger partial charge in [0.15, 0.2) is 0 Å². The van der Waals surface area contributed by atoms with Crippen molar-refractivity contribution in [1.29, 1.82) is 0 Å². The lowest BCUT2D eigenvalue weighted by atomic mass is 9.78. The number of nitrogens with one attached hydrogen (secondary N) is 1. The van der Waals surface area contributed by atoms with E-state index < -0.39 is 26.3 Å². The molecule has 18 heavy (non-hydrogen) atoms. The number of hydrogen-bond donors (Lipinski definition) is 2. The monoisotopic (exact) mass is 292 g/mol. The molecule has 4 nitrogen and oxygen atoms in total. The van der Waals surface area contributed by atoms with Crippen molar-refractivity contribution in [3.63, 3.8) is 0 Å². The number of nitrogens with two attached hydrogens (primary N) is 1. The van der Waals surface area contributed by atoms with Crippen molar-refractivity contribution in [1.82, 2.24) is 4.72 Å². The Balaban J connectivity index is 2.17. The Bertz CT molecular complexity index is 558. The molecule has 1 fully saturated rings. The summed E-state index contributed by atoms with van der Waals surface area (Å²) in [4.78, 5) is -0.446. The van der Waals surface area contributed by atoms with Gasteiger partial charge in [-0.25, -0.2) is 17.5 Å². The van der Waals surface area contributed by atoms with Crippen LogP contribution in [0.15, 0.2) is 23.1 Å².